The molecule has 1 saturated heterocycles. The summed E-state index contributed by atoms with van der Waals surface area (Å²) >= 11 is 0. The molecule has 0 radical (unpaired) electrons. The Morgan fingerprint density at radius 3 is 2.72 bits per heavy atom. The van der Waals surface area contributed by atoms with Crippen molar-refractivity contribution in [3.05, 3.63) is 36.0 Å². The zero-order valence-electron chi connectivity index (χ0n) is 19.6. The van der Waals surface area contributed by atoms with Gasteiger partial charge < -0.3 is 24.6 Å². The molecule has 2 heterocycles. The molecule has 3 rings (SSSR count). The lowest BCUT2D eigenvalue weighted by molar-refractivity contribution is 0.00570. The second kappa shape index (κ2) is 10.5. The van der Waals surface area contributed by atoms with Crippen molar-refractivity contribution in [2.75, 3.05) is 26.8 Å². The van der Waals surface area contributed by atoms with Crippen LogP contribution in [0.3, 0.4) is 0 Å². The fraction of sp³-hybridized carbons (Fsp3) is 0.600. The van der Waals surface area contributed by atoms with E-state index in [4.69, 9.17) is 9.47 Å². The molecule has 1 aromatic heterocycles. The number of carbonyl (C=O) groups is 1. The minimum atomic E-state index is -0.619. The summed E-state index contributed by atoms with van der Waals surface area (Å²) in [5.41, 5.74) is 1.14. The van der Waals surface area contributed by atoms with Gasteiger partial charge in [-0.05, 0) is 88.1 Å². The average molecular weight is 445 g/mol. The highest BCUT2D eigenvalue weighted by Crippen LogP contribution is 2.35. The standard InChI is InChI=1S/C25H36N2O5/c1-25(2,3)32-24(30)27-13-10-17(18(16-27)11-14-28)5-8-23(29)20-9-12-26-22-7-6-19(31-4)15-21(20)22/h6-7,9,12,15,17-18,23,28-29H,5,8,10-11,13-14,16H2,1-4H3/t17-,18+,23?/m1/s1. The van der Waals surface area contributed by atoms with Gasteiger partial charge in [0.1, 0.15) is 11.4 Å². The van der Waals surface area contributed by atoms with Crippen LogP contribution in [0.1, 0.15) is 58.1 Å². The van der Waals surface area contributed by atoms with E-state index in [2.05, 4.69) is 4.98 Å². The first-order valence-electron chi connectivity index (χ1n) is 11.4. The molecule has 1 unspecified atom stereocenters. The van der Waals surface area contributed by atoms with Gasteiger partial charge in [-0.1, -0.05) is 0 Å². The summed E-state index contributed by atoms with van der Waals surface area (Å²) in [6, 6.07) is 7.54. The number of benzene rings is 1. The number of hydrogen-bond acceptors (Lipinski definition) is 6. The molecule has 1 amide bonds. The molecule has 0 saturated carbocycles. The number of fused-ring (bicyclic) bond motifs is 1. The third-order valence-corrected chi connectivity index (χ3v) is 6.20. The highest BCUT2D eigenvalue weighted by atomic mass is 16.6. The Morgan fingerprint density at radius 2 is 2.03 bits per heavy atom. The van der Waals surface area contributed by atoms with Crippen molar-refractivity contribution < 1.29 is 24.5 Å². The predicted molar refractivity (Wildman–Crippen MR) is 124 cm³/mol. The monoisotopic (exact) mass is 444 g/mol. The number of aliphatic hydroxyl groups excluding tert-OH is 2. The molecule has 0 spiro atoms. The summed E-state index contributed by atoms with van der Waals surface area (Å²) in [5, 5.41) is 21.5. The summed E-state index contributed by atoms with van der Waals surface area (Å²) in [7, 11) is 1.62. The molecule has 7 heteroatoms. The number of nitrogens with zero attached hydrogens (tertiary/aromatic N) is 2. The van der Waals surface area contributed by atoms with E-state index >= 15 is 0 Å². The van der Waals surface area contributed by atoms with Crippen LogP contribution in [0.4, 0.5) is 4.79 Å². The number of aliphatic hydroxyl groups is 2. The number of hydrogen-bond donors (Lipinski definition) is 2. The van der Waals surface area contributed by atoms with Gasteiger partial charge in [-0.3, -0.25) is 4.98 Å². The van der Waals surface area contributed by atoms with E-state index in [0.717, 1.165) is 35.1 Å². The van der Waals surface area contributed by atoms with Crippen molar-refractivity contribution in [3.63, 3.8) is 0 Å². The number of pyridine rings is 1. The topological polar surface area (TPSA) is 92.1 Å². The summed E-state index contributed by atoms with van der Waals surface area (Å²) in [6.45, 7) is 6.88. The number of aromatic nitrogens is 1. The van der Waals surface area contributed by atoms with E-state index in [1.54, 1.807) is 18.2 Å². The maximum atomic E-state index is 12.5. The first kappa shape index (κ1) is 24.3. The Morgan fingerprint density at radius 1 is 1.25 bits per heavy atom. The molecule has 1 aliphatic heterocycles. The minimum Gasteiger partial charge on any atom is -0.497 e. The largest absolute Gasteiger partial charge is 0.497 e. The third-order valence-electron chi connectivity index (χ3n) is 6.20. The number of carbonyl (C=O) groups excluding carboxylic acids is 1. The predicted octanol–water partition coefficient (Wildman–Crippen LogP) is 4.31. The Labute approximate surface area is 190 Å². The van der Waals surface area contributed by atoms with Crippen LogP contribution in [0.2, 0.25) is 0 Å². The first-order chi connectivity index (χ1) is 15.2. The van der Waals surface area contributed by atoms with Crippen LogP contribution >= 0.6 is 0 Å². The number of likely N-dealkylation sites (tertiary alicyclic amines) is 1. The molecule has 2 aromatic rings. The molecular weight excluding hydrogens is 408 g/mol. The lowest BCUT2D eigenvalue weighted by Gasteiger charge is -2.39. The van der Waals surface area contributed by atoms with Crippen LogP contribution in [0.25, 0.3) is 10.9 Å². The lowest BCUT2D eigenvalue weighted by atomic mass is 9.79. The number of amides is 1. The highest BCUT2D eigenvalue weighted by molar-refractivity contribution is 5.83. The maximum absolute atomic E-state index is 12.5. The molecule has 1 aliphatic rings. The molecule has 1 aromatic carbocycles. The van der Waals surface area contributed by atoms with E-state index in [-0.39, 0.29) is 18.6 Å². The van der Waals surface area contributed by atoms with Crippen LogP contribution in [-0.2, 0) is 4.74 Å². The van der Waals surface area contributed by atoms with E-state index in [1.807, 2.05) is 45.0 Å². The van der Waals surface area contributed by atoms with Crippen molar-refractivity contribution in [3.8, 4) is 5.75 Å². The van der Waals surface area contributed by atoms with Gasteiger partial charge in [0.15, 0.2) is 0 Å². The SMILES string of the molecule is COc1ccc2nccc(C(O)CC[C@@H]3CCN(C(=O)OC(C)(C)C)C[C@@H]3CCO)c2c1. The fourth-order valence-electron chi connectivity index (χ4n) is 4.54. The van der Waals surface area contributed by atoms with Crippen LogP contribution in [0.15, 0.2) is 30.5 Å². The molecule has 0 bridgehead atoms. The number of rotatable bonds is 7. The van der Waals surface area contributed by atoms with Crippen LogP contribution in [-0.4, -0.2) is 58.6 Å². The van der Waals surface area contributed by atoms with E-state index < -0.39 is 11.7 Å². The van der Waals surface area contributed by atoms with Crippen molar-refractivity contribution in [1.29, 1.82) is 0 Å². The molecule has 0 aliphatic carbocycles. The molecule has 1 fully saturated rings. The van der Waals surface area contributed by atoms with Crippen LogP contribution in [0, 0.1) is 11.8 Å². The zero-order chi connectivity index (χ0) is 23.3. The Kier molecular flexibility index (Phi) is 7.96. The number of ether oxygens (including phenoxy) is 2. The van der Waals surface area contributed by atoms with Crippen molar-refractivity contribution in [2.45, 2.75) is 58.2 Å². The second-order valence-electron chi connectivity index (χ2n) is 9.62. The maximum Gasteiger partial charge on any atom is 0.410 e. The van der Waals surface area contributed by atoms with Crippen LogP contribution in [0.5, 0.6) is 5.75 Å². The summed E-state index contributed by atoms with van der Waals surface area (Å²) in [6.07, 6.45) is 3.71. The van der Waals surface area contributed by atoms with Gasteiger partial charge in [-0.15, -0.1) is 0 Å². The second-order valence-corrected chi connectivity index (χ2v) is 9.62. The quantitative estimate of drug-likeness (QED) is 0.661. The van der Waals surface area contributed by atoms with Crippen LogP contribution < -0.4 is 4.74 Å². The summed E-state index contributed by atoms with van der Waals surface area (Å²) in [4.78, 5) is 18.6. The van der Waals surface area contributed by atoms with Gasteiger partial charge in [0.05, 0.1) is 18.7 Å². The van der Waals surface area contributed by atoms with Gasteiger partial charge >= 0.3 is 6.09 Å². The molecular formula is C25H36N2O5. The van der Waals surface area contributed by atoms with Gasteiger partial charge in [0.2, 0.25) is 0 Å². The van der Waals surface area contributed by atoms with Crippen molar-refractivity contribution in [2.24, 2.45) is 11.8 Å². The van der Waals surface area contributed by atoms with Crippen molar-refractivity contribution in [1.82, 2.24) is 9.88 Å². The van der Waals surface area contributed by atoms with Gasteiger partial charge in [-0.25, -0.2) is 4.79 Å². The molecule has 7 nitrogen and oxygen atoms in total. The summed E-state index contributed by atoms with van der Waals surface area (Å²) in [5.74, 6) is 1.25. The molecule has 32 heavy (non-hydrogen) atoms. The van der Waals surface area contributed by atoms with Gasteiger partial charge in [0.25, 0.3) is 0 Å². The number of piperidine rings is 1. The Hall–Kier alpha value is -2.38. The van der Waals surface area contributed by atoms with Crippen molar-refractivity contribution >= 4 is 17.0 Å². The fourth-order valence-corrected chi connectivity index (χ4v) is 4.54. The highest BCUT2D eigenvalue weighted by Gasteiger charge is 2.33. The zero-order valence-corrected chi connectivity index (χ0v) is 19.6. The van der Waals surface area contributed by atoms with E-state index in [1.165, 1.54) is 0 Å². The Bertz CT molecular complexity index is 911. The third kappa shape index (κ3) is 6.11. The average Bonchev–Trinajstić information content (AvgIpc) is 2.76. The molecule has 3 atom stereocenters. The molecule has 176 valence electrons. The Balaban J connectivity index is 1.66. The van der Waals surface area contributed by atoms with E-state index in [0.29, 0.717) is 31.8 Å². The van der Waals surface area contributed by atoms with Gasteiger partial charge in [-0.2, -0.15) is 0 Å². The lowest BCUT2D eigenvalue weighted by Crippen LogP contribution is -2.46. The summed E-state index contributed by atoms with van der Waals surface area (Å²) < 4.78 is 10.9. The van der Waals surface area contributed by atoms with Gasteiger partial charge in [0, 0.05) is 31.3 Å². The molecule has 2 N–H and O–H groups in total. The smallest absolute Gasteiger partial charge is 0.410 e. The minimum absolute atomic E-state index is 0.0840. The van der Waals surface area contributed by atoms with E-state index in [9.17, 15) is 15.0 Å². The first-order valence-corrected chi connectivity index (χ1v) is 11.4. The normalized spacial score (nSPS) is 20.2. The number of methoxy groups -OCH3 is 1.